The van der Waals surface area contributed by atoms with E-state index in [1.807, 2.05) is 0 Å². The number of hydrogen-bond donors (Lipinski definition) is 0. The Hall–Kier alpha value is -4.90. The monoisotopic (exact) mass is 702 g/mol. The van der Waals surface area contributed by atoms with Crippen LogP contribution in [0.15, 0.2) is 36.4 Å². The molecular formula is C34H42N2O14. The van der Waals surface area contributed by atoms with E-state index in [1.165, 1.54) is 74.6 Å². The first kappa shape index (κ1) is 39.5. The van der Waals surface area contributed by atoms with Gasteiger partial charge in [-0.1, -0.05) is 0 Å². The molecular weight excluding hydrogens is 660 g/mol. The maximum absolute atomic E-state index is 13.6. The van der Waals surface area contributed by atoms with Crippen LogP contribution >= 0.6 is 0 Å². The lowest BCUT2D eigenvalue weighted by atomic mass is 10.0. The fraction of sp³-hybridized carbons (Fsp3) is 0.471. The Bertz CT molecular complexity index is 1310. The zero-order valence-corrected chi connectivity index (χ0v) is 28.6. The molecule has 1 saturated heterocycles. The Morgan fingerprint density at radius 2 is 0.620 bits per heavy atom. The SMILES string of the molecule is COC(=O)c1cc(C(=O)OC)cc(C(=O)N2CCOCCOCCN(C(=O)c3cc(C(=O)OC)cc(C(=O)OC)c3)CCOCCOCC2)c1. The van der Waals surface area contributed by atoms with Gasteiger partial charge in [0.25, 0.3) is 11.8 Å². The lowest BCUT2D eigenvalue weighted by Crippen LogP contribution is -2.38. The minimum atomic E-state index is -0.718. The van der Waals surface area contributed by atoms with Crippen LogP contribution < -0.4 is 0 Å². The van der Waals surface area contributed by atoms with Gasteiger partial charge in [0.1, 0.15) is 0 Å². The Balaban J connectivity index is 1.67. The van der Waals surface area contributed by atoms with Gasteiger partial charge in [0, 0.05) is 37.3 Å². The number of carbonyl (C=O) groups excluding carboxylic acids is 6. The van der Waals surface area contributed by atoms with Crippen molar-refractivity contribution in [3.63, 3.8) is 0 Å². The summed E-state index contributed by atoms with van der Waals surface area (Å²) in [5, 5.41) is 0. The molecule has 0 unspecified atom stereocenters. The molecule has 0 radical (unpaired) electrons. The number of amides is 2. The first-order chi connectivity index (χ1) is 24.1. The number of ether oxygens (including phenoxy) is 8. The van der Waals surface area contributed by atoms with Crippen LogP contribution in [0.5, 0.6) is 0 Å². The lowest BCUT2D eigenvalue weighted by molar-refractivity contribution is 0.00888. The van der Waals surface area contributed by atoms with Crippen molar-refractivity contribution in [2.45, 2.75) is 0 Å². The minimum Gasteiger partial charge on any atom is -0.465 e. The molecule has 0 aliphatic carbocycles. The van der Waals surface area contributed by atoms with Gasteiger partial charge in [-0.15, -0.1) is 0 Å². The van der Waals surface area contributed by atoms with Gasteiger partial charge in [0.15, 0.2) is 0 Å². The van der Waals surface area contributed by atoms with Crippen LogP contribution in [0.3, 0.4) is 0 Å². The van der Waals surface area contributed by atoms with E-state index in [0.29, 0.717) is 0 Å². The molecule has 0 saturated carbocycles. The van der Waals surface area contributed by atoms with Crippen molar-refractivity contribution in [3.8, 4) is 0 Å². The van der Waals surface area contributed by atoms with Gasteiger partial charge in [-0.05, 0) is 36.4 Å². The third-order valence-electron chi connectivity index (χ3n) is 7.38. The summed E-state index contributed by atoms with van der Waals surface area (Å²) < 4.78 is 41.9. The van der Waals surface area contributed by atoms with Crippen molar-refractivity contribution >= 4 is 35.7 Å². The second kappa shape index (κ2) is 20.6. The zero-order chi connectivity index (χ0) is 36.5. The average Bonchev–Trinajstić information content (AvgIpc) is 3.15. The van der Waals surface area contributed by atoms with Crippen LogP contribution in [0, 0.1) is 0 Å². The smallest absolute Gasteiger partial charge is 0.337 e. The largest absolute Gasteiger partial charge is 0.465 e. The zero-order valence-electron chi connectivity index (χ0n) is 28.6. The van der Waals surface area contributed by atoms with Crippen LogP contribution in [0.1, 0.15) is 62.1 Å². The molecule has 16 heteroatoms. The summed E-state index contributed by atoms with van der Waals surface area (Å²) in [4.78, 5) is 79.0. The summed E-state index contributed by atoms with van der Waals surface area (Å²) in [6.07, 6.45) is 0. The molecule has 2 amide bonds. The predicted octanol–water partition coefficient (Wildman–Crippen LogP) is 1.50. The van der Waals surface area contributed by atoms with E-state index in [1.54, 1.807) is 0 Å². The molecule has 50 heavy (non-hydrogen) atoms. The topological polar surface area (TPSA) is 183 Å². The van der Waals surface area contributed by atoms with E-state index < -0.39 is 35.7 Å². The van der Waals surface area contributed by atoms with Crippen LogP contribution in [0.2, 0.25) is 0 Å². The fourth-order valence-corrected chi connectivity index (χ4v) is 4.78. The third kappa shape index (κ3) is 11.6. The quantitative estimate of drug-likeness (QED) is 0.312. The van der Waals surface area contributed by atoms with E-state index in [-0.39, 0.29) is 112 Å². The Labute approximate surface area is 289 Å². The van der Waals surface area contributed by atoms with Crippen molar-refractivity contribution in [3.05, 3.63) is 69.8 Å². The highest BCUT2D eigenvalue weighted by atomic mass is 16.5. The number of benzene rings is 2. The average molecular weight is 703 g/mol. The number of methoxy groups -OCH3 is 4. The molecule has 272 valence electrons. The third-order valence-corrected chi connectivity index (χ3v) is 7.38. The standard InChI is InChI=1S/C34H42N2O14/c1-43-31(39)25-17-23(18-26(21-25)32(40)44-2)29(37)35-5-9-47-13-15-49-11-7-36(8-12-50-16-14-48-10-6-35)30(38)24-19-27(33(41)45-3)22-28(20-24)34(42)46-4/h17-22H,5-16H2,1-4H3. The maximum Gasteiger partial charge on any atom is 0.337 e. The number of nitrogens with zero attached hydrogens (tertiary/aromatic N) is 2. The Morgan fingerprint density at radius 1 is 0.400 bits per heavy atom. The molecule has 1 fully saturated rings. The number of rotatable bonds is 6. The lowest BCUT2D eigenvalue weighted by Gasteiger charge is -2.24. The summed E-state index contributed by atoms with van der Waals surface area (Å²) in [5.74, 6) is -3.80. The van der Waals surface area contributed by atoms with Crippen molar-refractivity contribution in [1.82, 2.24) is 9.80 Å². The van der Waals surface area contributed by atoms with Crippen molar-refractivity contribution < 1.29 is 66.7 Å². The van der Waals surface area contributed by atoms with Crippen LogP contribution in [0.25, 0.3) is 0 Å². The van der Waals surface area contributed by atoms with Gasteiger partial charge < -0.3 is 47.7 Å². The van der Waals surface area contributed by atoms with Crippen LogP contribution in [-0.2, 0) is 37.9 Å². The predicted molar refractivity (Wildman–Crippen MR) is 173 cm³/mol. The summed E-state index contributed by atoms with van der Waals surface area (Å²) in [6.45, 7) is 1.95. The van der Waals surface area contributed by atoms with Gasteiger partial charge in [0.05, 0.1) is 104 Å². The van der Waals surface area contributed by atoms with Crippen LogP contribution in [-0.4, -0.2) is 153 Å². The summed E-state index contributed by atoms with van der Waals surface area (Å²) in [6, 6.07) is 7.96. The summed E-state index contributed by atoms with van der Waals surface area (Å²) >= 11 is 0. The Kier molecular flexibility index (Phi) is 16.3. The first-order valence-electron chi connectivity index (χ1n) is 15.7. The molecule has 0 atom stereocenters. The molecule has 0 aromatic heterocycles. The van der Waals surface area contributed by atoms with Crippen molar-refractivity contribution in [2.75, 3.05) is 107 Å². The van der Waals surface area contributed by atoms with Gasteiger partial charge >= 0.3 is 23.9 Å². The normalized spacial score (nSPS) is 15.5. The maximum atomic E-state index is 13.6. The van der Waals surface area contributed by atoms with E-state index in [0.717, 1.165) is 0 Å². The molecule has 1 aliphatic heterocycles. The minimum absolute atomic E-state index is 0.0165. The fourth-order valence-electron chi connectivity index (χ4n) is 4.78. The second-order valence-electron chi connectivity index (χ2n) is 10.6. The van der Waals surface area contributed by atoms with Crippen molar-refractivity contribution in [1.29, 1.82) is 0 Å². The molecule has 1 aliphatic rings. The van der Waals surface area contributed by atoms with Gasteiger partial charge in [0.2, 0.25) is 0 Å². The molecule has 0 spiro atoms. The molecule has 2 aromatic carbocycles. The van der Waals surface area contributed by atoms with Crippen molar-refractivity contribution in [2.24, 2.45) is 0 Å². The van der Waals surface area contributed by atoms with E-state index in [2.05, 4.69) is 0 Å². The number of hydrogen-bond acceptors (Lipinski definition) is 14. The molecule has 2 aromatic rings. The molecule has 16 nitrogen and oxygen atoms in total. The highest BCUT2D eigenvalue weighted by Gasteiger charge is 2.23. The Morgan fingerprint density at radius 3 is 0.840 bits per heavy atom. The highest BCUT2D eigenvalue weighted by Crippen LogP contribution is 2.17. The van der Waals surface area contributed by atoms with E-state index in [9.17, 15) is 28.8 Å². The number of carbonyl (C=O) groups is 6. The summed E-state index contributed by atoms with van der Waals surface area (Å²) in [7, 11) is 4.77. The van der Waals surface area contributed by atoms with E-state index >= 15 is 0 Å². The second-order valence-corrected chi connectivity index (χ2v) is 10.6. The van der Waals surface area contributed by atoms with Crippen LogP contribution in [0.4, 0.5) is 0 Å². The molecule has 0 bridgehead atoms. The summed E-state index contributed by atoms with van der Waals surface area (Å²) in [5.41, 5.74) is 0.232. The molecule has 1 heterocycles. The highest BCUT2D eigenvalue weighted by molar-refractivity contribution is 6.03. The number of esters is 4. The molecule has 3 rings (SSSR count). The van der Waals surface area contributed by atoms with Gasteiger partial charge in [-0.2, -0.15) is 0 Å². The first-order valence-corrected chi connectivity index (χ1v) is 15.7. The molecule has 0 N–H and O–H groups in total. The van der Waals surface area contributed by atoms with Gasteiger partial charge in [-0.3, -0.25) is 9.59 Å². The van der Waals surface area contributed by atoms with Gasteiger partial charge in [-0.25, -0.2) is 19.2 Å². The van der Waals surface area contributed by atoms with E-state index in [4.69, 9.17) is 37.9 Å².